The Balaban J connectivity index is 2.83. The fraction of sp³-hybridized carbons (Fsp3) is 0.385. The largest absolute Gasteiger partial charge is 0.462 e. The molecule has 0 aliphatic rings. The number of hydrogen-bond acceptors (Lipinski definition) is 5. The Morgan fingerprint density at radius 1 is 1.45 bits per heavy atom. The first-order valence-electron chi connectivity index (χ1n) is 6.03. The number of nitrogens with two attached hydrogens (primary N) is 1. The van der Waals surface area contributed by atoms with Gasteiger partial charge in [0.25, 0.3) is 5.91 Å². The van der Waals surface area contributed by atoms with Crippen LogP contribution in [0.15, 0.2) is 22.7 Å². The molecule has 1 aromatic carbocycles. The fourth-order valence-corrected chi connectivity index (χ4v) is 1.96. The molecule has 0 aromatic heterocycles. The Hall–Kier alpha value is -1.44. The zero-order valence-electron chi connectivity index (χ0n) is 11.3. The van der Waals surface area contributed by atoms with Crippen molar-refractivity contribution < 1.29 is 19.1 Å². The Labute approximate surface area is 125 Å². The minimum Gasteiger partial charge on any atom is -0.462 e. The van der Waals surface area contributed by atoms with Crippen LogP contribution < -0.4 is 11.1 Å². The smallest absolute Gasteiger partial charge is 0.338 e. The highest BCUT2D eigenvalue weighted by atomic mass is 79.9. The molecule has 7 heteroatoms. The second kappa shape index (κ2) is 7.98. The van der Waals surface area contributed by atoms with Crippen molar-refractivity contribution in [2.24, 2.45) is 5.73 Å². The minimum absolute atomic E-state index is 0.0842. The lowest BCUT2D eigenvalue weighted by Gasteiger charge is -2.14. The van der Waals surface area contributed by atoms with Gasteiger partial charge in [-0.3, -0.25) is 4.79 Å². The first-order chi connectivity index (χ1) is 9.53. The Kier molecular flexibility index (Phi) is 6.63. The summed E-state index contributed by atoms with van der Waals surface area (Å²) in [5.41, 5.74) is 6.34. The molecule has 0 bridgehead atoms. The maximum Gasteiger partial charge on any atom is 0.338 e. The SMILES string of the molecule is CCOC(=O)c1ccc(NC(=O)C(CN)OC)c(Br)c1. The monoisotopic (exact) mass is 344 g/mol. The third-order valence-corrected chi connectivity index (χ3v) is 3.19. The predicted octanol–water partition coefficient (Wildman–Crippen LogP) is 1.54. The third kappa shape index (κ3) is 4.29. The molecule has 0 heterocycles. The summed E-state index contributed by atoms with van der Waals surface area (Å²) in [4.78, 5) is 23.4. The molecule has 1 unspecified atom stereocenters. The summed E-state index contributed by atoms with van der Waals surface area (Å²) < 4.78 is 10.4. The first kappa shape index (κ1) is 16.6. The van der Waals surface area contributed by atoms with Crippen molar-refractivity contribution in [3.05, 3.63) is 28.2 Å². The number of halogens is 1. The summed E-state index contributed by atoms with van der Waals surface area (Å²) in [5.74, 6) is -0.762. The number of hydrogen-bond donors (Lipinski definition) is 2. The topological polar surface area (TPSA) is 90.7 Å². The standard InChI is InChI=1S/C13H17BrN2O4/c1-3-20-13(18)8-4-5-10(9(14)6-8)16-12(17)11(7-15)19-2/h4-6,11H,3,7,15H2,1-2H3,(H,16,17). The highest BCUT2D eigenvalue weighted by Crippen LogP contribution is 2.24. The summed E-state index contributed by atoms with van der Waals surface area (Å²) in [5, 5.41) is 2.67. The molecule has 20 heavy (non-hydrogen) atoms. The van der Waals surface area contributed by atoms with Crippen LogP contribution in [0, 0.1) is 0 Å². The minimum atomic E-state index is -0.716. The van der Waals surface area contributed by atoms with Gasteiger partial charge in [0, 0.05) is 18.1 Å². The van der Waals surface area contributed by atoms with Crippen LogP contribution in [0.3, 0.4) is 0 Å². The molecular formula is C13H17BrN2O4. The molecule has 0 spiro atoms. The van der Waals surface area contributed by atoms with E-state index < -0.39 is 12.1 Å². The van der Waals surface area contributed by atoms with Crippen LogP contribution in [0.1, 0.15) is 17.3 Å². The van der Waals surface area contributed by atoms with Crippen LogP contribution in [-0.2, 0) is 14.3 Å². The number of methoxy groups -OCH3 is 1. The molecule has 110 valence electrons. The molecule has 0 aliphatic carbocycles. The van der Waals surface area contributed by atoms with Gasteiger partial charge in [-0.15, -0.1) is 0 Å². The van der Waals surface area contributed by atoms with Crippen molar-refractivity contribution in [3.8, 4) is 0 Å². The second-order valence-corrected chi connectivity index (χ2v) is 4.72. The lowest BCUT2D eigenvalue weighted by atomic mass is 10.2. The van der Waals surface area contributed by atoms with Crippen LogP contribution in [0.5, 0.6) is 0 Å². The number of rotatable bonds is 6. The average molecular weight is 345 g/mol. The number of carbonyl (C=O) groups is 2. The summed E-state index contributed by atoms with van der Waals surface area (Å²) in [6, 6.07) is 4.76. The van der Waals surface area contributed by atoms with Crippen LogP contribution in [0.2, 0.25) is 0 Å². The maximum atomic E-state index is 11.8. The van der Waals surface area contributed by atoms with Crippen molar-refractivity contribution in [3.63, 3.8) is 0 Å². The van der Waals surface area contributed by atoms with Gasteiger partial charge in [-0.25, -0.2) is 4.79 Å². The first-order valence-corrected chi connectivity index (χ1v) is 6.83. The number of carbonyl (C=O) groups excluding carboxylic acids is 2. The van der Waals surface area contributed by atoms with Crippen molar-refractivity contribution in [1.29, 1.82) is 0 Å². The second-order valence-electron chi connectivity index (χ2n) is 3.86. The molecule has 1 amide bonds. The van der Waals surface area contributed by atoms with Crippen LogP contribution in [0.4, 0.5) is 5.69 Å². The summed E-state index contributed by atoms with van der Waals surface area (Å²) >= 11 is 3.29. The quantitative estimate of drug-likeness (QED) is 0.764. The normalized spacial score (nSPS) is 11.8. The van der Waals surface area contributed by atoms with Crippen molar-refractivity contribution in [2.45, 2.75) is 13.0 Å². The molecule has 0 fully saturated rings. The summed E-state index contributed by atoms with van der Waals surface area (Å²) in [6.45, 7) is 2.13. The van der Waals surface area contributed by atoms with Gasteiger partial charge < -0.3 is 20.5 Å². The molecule has 0 saturated heterocycles. The van der Waals surface area contributed by atoms with E-state index in [1.165, 1.54) is 7.11 Å². The number of anilines is 1. The van der Waals surface area contributed by atoms with E-state index in [9.17, 15) is 9.59 Å². The highest BCUT2D eigenvalue weighted by molar-refractivity contribution is 9.10. The van der Waals surface area contributed by atoms with E-state index in [4.69, 9.17) is 15.2 Å². The Morgan fingerprint density at radius 3 is 2.65 bits per heavy atom. The van der Waals surface area contributed by atoms with E-state index >= 15 is 0 Å². The number of esters is 1. The van der Waals surface area contributed by atoms with Crippen LogP contribution >= 0.6 is 15.9 Å². The van der Waals surface area contributed by atoms with Crippen LogP contribution in [-0.4, -0.2) is 38.2 Å². The predicted molar refractivity (Wildman–Crippen MR) is 78.6 cm³/mol. The fourth-order valence-electron chi connectivity index (χ4n) is 1.48. The van der Waals surface area contributed by atoms with Gasteiger partial charge in [0.15, 0.2) is 0 Å². The molecule has 6 nitrogen and oxygen atoms in total. The lowest BCUT2D eigenvalue weighted by Crippen LogP contribution is -2.36. The van der Waals surface area contributed by atoms with E-state index in [-0.39, 0.29) is 12.5 Å². The lowest BCUT2D eigenvalue weighted by molar-refractivity contribution is -0.125. The zero-order valence-corrected chi connectivity index (χ0v) is 12.9. The molecule has 1 aromatic rings. The van der Waals surface area contributed by atoms with E-state index in [0.717, 1.165) is 0 Å². The molecule has 0 saturated carbocycles. The molecule has 0 aliphatic heterocycles. The van der Waals surface area contributed by atoms with Gasteiger partial charge in [-0.05, 0) is 41.1 Å². The molecule has 0 radical (unpaired) electrons. The van der Waals surface area contributed by atoms with Gasteiger partial charge >= 0.3 is 5.97 Å². The van der Waals surface area contributed by atoms with Gasteiger partial charge in [-0.2, -0.15) is 0 Å². The number of benzene rings is 1. The average Bonchev–Trinajstić information content (AvgIpc) is 2.42. The van der Waals surface area contributed by atoms with E-state index in [2.05, 4.69) is 21.2 Å². The van der Waals surface area contributed by atoms with Crippen molar-refractivity contribution in [1.82, 2.24) is 0 Å². The summed E-state index contributed by atoms with van der Waals surface area (Å²) in [7, 11) is 1.41. The zero-order chi connectivity index (χ0) is 15.1. The van der Waals surface area contributed by atoms with Crippen molar-refractivity contribution >= 4 is 33.5 Å². The highest BCUT2D eigenvalue weighted by Gasteiger charge is 2.17. The number of nitrogens with one attached hydrogen (secondary N) is 1. The van der Waals surface area contributed by atoms with Crippen molar-refractivity contribution in [2.75, 3.05) is 25.6 Å². The molecule has 1 rings (SSSR count). The van der Waals surface area contributed by atoms with E-state index in [0.29, 0.717) is 22.3 Å². The maximum absolute atomic E-state index is 11.8. The Morgan fingerprint density at radius 2 is 2.15 bits per heavy atom. The molecular weight excluding hydrogens is 328 g/mol. The van der Waals surface area contributed by atoms with Gasteiger partial charge in [0.05, 0.1) is 17.9 Å². The van der Waals surface area contributed by atoms with Crippen LogP contribution in [0.25, 0.3) is 0 Å². The summed E-state index contributed by atoms with van der Waals surface area (Å²) in [6.07, 6.45) is -0.716. The van der Waals surface area contributed by atoms with E-state index in [1.54, 1.807) is 25.1 Å². The molecule has 3 N–H and O–H groups in total. The van der Waals surface area contributed by atoms with Gasteiger partial charge in [0.2, 0.25) is 0 Å². The van der Waals surface area contributed by atoms with Gasteiger partial charge in [-0.1, -0.05) is 0 Å². The Bertz CT molecular complexity index is 489. The van der Waals surface area contributed by atoms with E-state index in [1.807, 2.05) is 0 Å². The molecule has 1 atom stereocenters. The third-order valence-electron chi connectivity index (χ3n) is 2.53. The van der Waals surface area contributed by atoms with Gasteiger partial charge in [0.1, 0.15) is 6.10 Å². The number of ether oxygens (including phenoxy) is 2. The number of amides is 1.